The van der Waals surface area contributed by atoms with Gasteiger partial charge in [-0.15, -0.1) is 0 Å². The molecule has 1 saturated carbocycles. The van der Waals surface area contributed by atoms with Gasteiger partial charge in [0, 0.05) is 19.5 Å². The number of carbonyl (C=O) groups excluding carboxylic acids is 2. The van der Waals surface area contributed by atoms with Gasteiger partial charge in [0.2, 0.25) is 5.91 Å². The predicted molar refractivity (Wildman–Crippen MR) is 123 cm³/mol. The number of amides is 3. The molecule has 32 heavy (non-hydrogen) atoms. The molecular formula is C25H37N3O4. The molecule has 0 radical (unpaired) electrons. The van der Waals surface area contributed by atoms with Crippen LogP contribution in [0.5, 0.6) is 0 Å². The fourth-order valence-electron chi connectivity index (χ4n) is 5.56. The van der Waals surface area contributed by atoms with Crippen molar-refractivity contribution in [3.05, 3.63) is 35.9 Å². The van der Waals surface area contributed by atoms with Gasteiger partial charge in [-0.25, -0.2) is 4.79 Å². The Morgan fingerprint density at radius 1 is 1.25 bits per heavy atom. The van der Waals surface area contributed by atoms with Gasteiger partial charge < -0.3 is 25.0 Å². The van der Waals surface area contributed by atoms with Gasteiger partial charge >= 0.3 is 6.03 Å². The smallest absolute Gasteiger partial charge is 0.317 e. The van der Waals surface area contributed by atoms with Crippen LogP contribution in [0.2, 0.25) is 0 Å². The fourth-order valence-corrected chi connectivity index (χ4v) is 5.56. The summed E-state index contributed by atoms with van der Waals surface area (Å²) < 4.78 is 12.3. The quantitative estimate of drug-likeness (QED) is 0.733. The summed E-state index contributed by atoms with van der Waals surface area (Å²) in [6, 6.07) is 10.4. The fraction of sp³-hybridized carbons (Fsp3) is 0.680. The Bertz CT molecular complexity index is 766. The van der Waals surface area contributed by atoms with Gasteiger partial charge in [0.15, 0.2) is 0 Å². The third kappa shape index (κ3) is 5.26. The molecule has 0 aromatic heterocycles. The van der Waals surface area contributed by atoms with E-state index < -0.39 is 5.54 Å². The zero-order chi connectivity index (χ0) is 22.4. The molecule has 3 fully saturated rings. The molecule has 0 bridgehead atoms. The minimum atomic E-state index is -0.585. The van der Waals surface area contributed by atoms with Crippen LogP contribution in [0, 0.1) is 0 Å². The second kappa shape index (κ2) is 10.7. The summed E-state index contributed by atoms with van der Waals surface area (Å²) in [5.74, 6) is 0.590. The van der Waals surface area contributed by atoms with Crippen molar-refractivity contribution in [2.75, 3.05) is 32.9 Å². The second-order valence-electron chi connectivity index (χ2n) is 9.37. The van der Waals surface area contributed by atoms with Crippen LogP contribution in [-0.4, -0.2) is 67.4 Å². The molecule has 7 nitrogen and oxygen atoms in total. The Kier molecular flexibility index (Phi) is 7.68. The van der Waals surface area contributed by atoms with Crippen molar-refractivity contribution in [1.82, 2.24) is 15.5 Å². The van der Waals surface area contributed by atoms with Gasteiger partial charge in [0.1, 0.15) is 0 Å². The van der Waals surface area contributed by atoms with E-state index in [9.17, 15) is 9.59 Å². The molecular weight excluding hydrogens is 406 g/mol. The first-order chi connectivity index (χ1) is 15.6. The lowest BCUT2D eigenvalue weighted by Gasteiger charge is -2.49. The van der Waals surface area contributed by atoms with Gasteiger partial charge in [0.25, 0.3) is 0 Å². The summed E-state index contributed by atoms with van der Waals surface area (Å²) in [4.78, 5) is 27.1. The Labute approximate surface area is 191 Å². The molecule has 1 aromatic rings. The first-order valence-corrected chi connectivity index (χ1v) is 12.2. The standard InChI is InChI=1S/C25H37N3O4/c1-2-26-24(30)28-15-6-14-25(18-31-16-13-23(29)27-25)22(28)17-32-21-11-9-20(10-12-21)19-7-4-3-5-8-19/h3-5,7-8,20-22H,2,6,9-18H2,1H3,(H,26,30)(H,27,29)/t20-,21+,22-,25+/m0/s1. The molecule has 1 aromatic carbocycles. The van der Waals surface area contributed by atoms with E-state index in [2.05, 4.69) is 41.0 Å². The molecule has 1 aliphatic carbocycles. The number of likely N-dealkylation sites (tertiary alicyclic amines) is 1. The molecule has 3 aliphatic rings. The van der Waals surface area contributed by atoms with Crippen molar-refractivity contribution in [2.45, 2.75) is 75.5 Å². The van der Waals surface area contributed by atoms with Crippen LogP contribution in [0.15, 0.2) is 30.3 Å². The van der Waals surface area contributed by atoms with E-state index >= 15 is 0 Å². The largest absolute Gasteiger partial charge is 0.378 e. The summed E-state index contributed by atoms with van der Waals surface area (Å²) in [5.41, 5.74) is 0.830. The number of carbonyl (C=O) groups is 2. The predicted octanol–water partition coefficient (Wildman–Crippen LogP) is 3.20. The number of hydrogen-bond donors (Lipinski definition) is 2. The molecule has 4 rings (SSSR count). The Balaban J connectivity index is 1.42. The van der Waals surface area contributed by atoms with Crippen molar-refractivity contribution in [2.24, 2.45) is 0 Å². The topological polar surface area (TPSA) is 79.9 Å². The first kappa shape index (κ1) is 23.1. The van der Waals surface area contributed by atoms with Crippen LogP contribution in [0.4, 0.5) is 4.79 Å². The highest BCUT2D eigenvalue weighted by molar-refractivity contribution is 5.78. The highest BCUT2D eigenvalue weighted by atomic mass is 16.5. The van der Waals surface area contributed by atoms with Crippen LogP contribution < -0.4 is 10.6 Å². The van der Waals surface area contributed by atoms with E-state index in [1.807, 2.05) is 11.8 Å². The van der Waals surface area contributed by atoms with Crippen LogP contribution >= 0.6 is 0 Å². The monoisotopic (exact) mass is 443 g/mol. The highest BCUT2D eigenvalue weighted by Gasteiger charge is 2.49. The van der Waals surface area contributed by atoms with Gasteiger partial charge in [0.05, 0.1) is 37.5 Å². The van der Waals surface area contributed by atoms with E-state index in [4.69, 9.17) is 9.47 Å². The summed E-state index contributed by atoms with van der Waals surface area (Å²) in [7, 11) is 0. The molecule has 176 valence electrons. The Morgan fingerprint density at radius 2 is 2.03 bits per heavy atom. The lowest BCUT2D eigenvalue weighted by molar-refractivity contribution is -0.124. The minimum Gasteiger partial charge on any atom is -0.378 e. The van der Waals surface area contributed by atoms with E-state index in [0.717, 1.165) is 38.5 Å². The summed E-state index contributed by atoms with van der Waals surface area (Å²) in [5, 5.41) is 6.16. The maximum absolute atomic E-state index is 12.9. The number of hydrogen-bond acceptors (Lipinski definition) is 4. The normalized spacial score (nSPS) is 31.1. The SMILES string of the molecule is CCNC(=O)N1CCC[C@@]2(COCCC(=O)N2)[C@@H]1CO[C@H]1CC[C@@H](c2ccccc2)CC1. The third-order valence-electron chi connectivity index (χ3n) is 7.28. The Morgan fingerprint density at radius 3 is 2.78 bits per heavy atom. The van der Waals surface area contributed by atoms with Crippen molar-refractivity contribution in [1.29, 1.82) is 0 Å². The van der Waals surface area contributed by atoms with Gasteiger partial charge in [-0.05, 0) is 56.9 Å². The number of urea groups is 1. The molecule has 2 heterocycles. The molecule has 2 saturated heterocycles. The number of nitrogens with one attached hydrogen (secondary N) is 2. The molecule has 2 atom stereocenters. The van der Waals surface area contributed by atoms with Gasteiger partial charge in [-0.1, -0.05) is 30.3 Å². The van der Waals surface area contributed by atoms with E-state index in [-0.39, 0.29) is 24.1 Å². The molecule has 3 amide bonds. The summed E-state index contributed by atoms with van der Waals surface area (Å²) in [6.07, 6.45) is 6.44. The summed E-state index contributed by atoms with van der Waals surface area (Å²) in [6.45, 7) is 4.42. The molecule has 1 spiro atoms. The Hall–Kier alpha value is -2.12. The van der Waals surface area contributed by atoms with Crippen LogP contribution in [0.1, 0.15) is 63.4 Å². The van der Waals surface area contributed by atoms with E-state index in [1.54, 1.807) is 0 Å². The van der Waals surface area contributed by atoms with Crippen molar-refractivity contribution < 1.29 is 19.1 Å². The highest BCUT2D eigenvalue weighted by Crippen LogP contribution is 2.35. The molecule has 2 aliphatic heterocycles. The zero-order valence-corrected chi connectivity index (χ0v) is 19.2. The first-order valence-electron chi connectivity index (χ1n) is 12.2. The maximum Gasteiger partial charge on any atom is 0.317 e. The van der Waals surface area contributed by atoms with Crippen LogP contribution in [0.3, 0.4) is 0 Å². The molecule has 2 N–H and O–H groups in total. The zero-order valence-electron chi connectivity index (χ0n) is 19.2. The maximum atomic E-state index is 12.9. The third-order valence-corrected chi connectivity index (χ3v) is 7.28. The van der Waals surface area contributed by atoms with E-state index in [0.29, 0.717) is 45.2 Å². The average molecular weight is 444 g/mol. The number of ether oxygens (including phenoxy) is 2. The van der Waals surface area contributed by atoms with Crippen molar-refractivity contribution in [3.8, 4) is 0 Å². The van der Waals surface area contributed by atoms with Crippen molar-refractivity contribution >= 4 is 11.9 Å². The number of benzene rings is 1. The average Bonchev–Trinajstić information content (AvgIpc) is 3.00. The second-order valence-corrected chi connectivity index (χ2v) is 9.37. The lowest BCUT2D eigenvalue weighted by Crippen LogP contribution is -2.70. The van der Waals surface area contributed by atoms with Crippen LogP contribution in [0.25, 0.3) is 0 Å². The lowest BCUT2D eigenvalue weighted by atomic mass is 9.81. The van der Waals surface area contributed by atoms with Crippen LogP contribution in [-0.2, 0) is 14.3 Å². The number of piperidine rings is 1. The van der Waals surface area contributed by atoms with E-state index in [1.165, 1.54) is 5.56 Å². The number of nitrogens with zero attached hydrogens (tertiary/aromatic N) is 1. The number of rotatable bonds is 5. The summed E-state index contributed by atoms with van der Waals surface area (Å²) >= 11 is 0. The van der Waals surface area contributed by atoms with Gasteiger partial charge in [-0.2, -0.15) is 0 Å². The minimum absolute atomic E-state index is 0.00591. The van der Waals surface area contributed by atoms with Gasteiger partial charge in [-0.3, -0.25) is 4.79 Å². The molecule has 7 heteroatoms. The van der Waals surface area contributed by atoms with Crippen molar-refractivity contribution in [3.63, 3.8) is 0 Å². The molecule has 0 unspecified atom stereocenters.